The number of benzene rings is 1. The SMILES string of the molecule is CCCC1CCC(C2CCC(C(F)(F)Oc3cc(F)c(F)c(CC)c3)CC2)CC1. The maximum atomic E-state index is 14.7. The number of hydrogen-bond acceptors (Lipinski definition) is 1. The van der Waals surface area contributed by atoms with E-state index >= 15 is 0 Å². The van der Waals surface area contributed by atoms with E-state index in [-0.39, 0.29) is 17.7 Å². The molecule has 0 unspecified atom stereocenters. The molecule has 0 aliphatic heterocycles. The minimum absolute atomic E-state index is 0.0539. The Morgan fingerprint density at radius 3 is 2.03 bits per heavy atom. The molecule has 3 rings (SSSR count). The molecule has 0 spiro atoms. The molecule has 29 heavy (non-hydrogen) atoms. The number of hydrogen-bond donors (Lipinski definition) is 0. The first-order valence-electron chi connectivity index (χ1n) is 11.4. The summed E-state index contributed by atoms with van der Waals surface area (Å²) in [6.07, 6.45) is 6.93. The lowest BCUT2D eigenvalue weighted by molar-refractivity contribution is -0.224. The van der Waals surface area contributed by atoms with Crippen LogP contribution in [0.15, 0.2) is 12.1 Å². The molecule has 0 atom stereocenters. The first-order valence-corrected chi connectivity index (χ1v) is 11.4. The predicted octanol–water partition coefficient (Wildman–Crippen LogP) is 7.91. The molecule has 2 aliphatic carbocycles. The Bertz CT molecular complexity index is 659. The topological polar surface area (TPSA) is 9.23 Å². The average molecular weight is 415 g/mol. The quantitative estimate of drug-likeness (QED) is 0.412. The molecule has 0 saturated heterocycles. The van der Waals surface area contributed by atoms with Gasteiger partial charge in [0.1, 0.15) is 5.75 Å². The van der Waals surface area contributed by atoms with Gasteiger partial charge in [-0.2, -0.15) is 8.78 Å². The molecule has 1 aromatic carbocycles. The monoisotopic (exact) mass is 414 g/mol. The Morgan fingerprint density at radius 2 is 1.48 bits per heavy atom. The molecule has 0 heterocycles. The van der Waals surface area contributed by atoms with Gasteiger partial charge >= 0.3 is 6.11 Å². The van der Waals surface area contributed by atoms with Crippen molar-refractivity contribution in [3.63, 3.8) is 0 Å². The maximum Gasteiger partial charge on any atom is 0.400 e. The van der Waals surface area contributed by atoms with Gasteiger partial charge in [0, 0.05) is 6.07 Å². The van der Waals surface area contributed by atoms with Gasteiger partial charge in [0.15, 0.2) is 11.6 Å². The van der Waals surface area contributed by atoms with Gasteiger partial charge in [-0.1, -0.05) is 39.5 Å². The van der Waals surface area contributed by atoms with Crippen LogP contribution in [0.25, 0.3) is 0 Å². The molecule has 2 fully saturated rings. The molecule has 164 valence electrons. The van der Waals surface area contributed by atoms with Gasteiger partial charge in [-0.3, -0.25) is 0 Å². The van der Waals surface area contributed by atoms with Crippen LogP contribution in [0.1, 0.15) is 83.6 Å². The molecule has 5 heteroatoms. The van der Waals surface area contributed by atoms with Crippen LogP contribution >= 0.6 is 0 Å². The first-order chi connectivity index (χ1) is 13.8. The van der Waals surface area contributed by atoms with E-state index < -0.39 is 23.7 Å². The minimum atomic E-state index is -3.36. The zero-order chi connectivity index (χ0) is 21.0. The van der Waals surface area contributed by atoms with Crippen molar-refractivity contribution in [3.05, 3.63) is 29.3 Å². The third-order valence-corrected chi connectivity index (χ3v) is 7.21. The molecule has 0 bridgehead atoms. The van der Waals surface area contributed by atoms with Crippen LogP contribution in [0.3, 0.4) is 0 Å². The highest BCUT2D eigenvalue weighted by atomic mass is 19.3. The van der Waals surface area contributed by atoms with Crippen LogP contribution in [0.4, 0.5) is 17.6 Å². The summed E-state index contributed by atoms with van der Waals surface area (Å²) >= 11 is 0. The number of rotatable bonds is 7. The summed E-state index contributed by atoms with van der Waals surface area (Å²) in [6.45, 7) is 3.88. The van der Waals surface area contributed by atoms with E-state index in [0.717, 1.165) is 24.8 Å². The molecule has 0 amide bonds. The van der Waals surface area contributed by atoms with E-state index in [2.05, 4.69) is 6.92 Å². The third-order valence-electron chi connectivity index (χ3n) is 7.21. The maximum absolute atomic E-state index is 14.7. The number of halogens is 4. The van der Waals surface area contributed by atoms with Crippen molar-refractivity contribution in [3.8, 4) is 5.75 Å². The molecule has 2 saturated carbocycles. The van der Waals surface area contributed by atoms with Crippen LogP contribution < -0.4 is 4.74 Å². The van der Waals surface area contributed by atoms with Crippen LogP contribution in [0, 0.1) is 35.3 Å². The van der Waals surface area contributed by atoms with E-state index in [4.69, 9.17) is 4.74 Å². The summed E-state index contributed by atoms with van der Waals surface area (Å²) in [6, 6.07) is 1.91. The molecule has 0 N–H and O–H groups in total. The molecular weight excluding hydrogens is 380 g/mol. The summed E-state index contributed by atoms with van der Waals surface area (Å²) in [4.78, 5) is 0. The van der Waals surface area contributed by atoms with E-state index in [1.807, 2.05) is 0 Å². The number of aryl methyl sites for hydroxylation is 1. The lowest BCUT2D eigenvalue weighted by atomic mass is 9.68. The molecule has 1 nitrogen and oxygen atoms in total. The second kappa shape index (κ2) is 9.70. The van der Waals surface area contributed by atoms with Crippen molar-refractivity contribution in [2.24, 2.45) is 23.7 Å². The molecule has 0 radical (unpaired) electrons. The van der Waals surface area contributed by atoms with Crippen molar-refractivity contribution in [2.45, 2.75) is 90.6 Å². The van der Waals surface area contributed by atoms with Crippen molar-refractivity contribution >= 4 is 0 Å². The van der Waals surface area contributed by atoms with Gasteiger partial charge in [-0.15, -0.1) is 0 Å². The Labute approximate surface area is 172 Å². The smallest absolute Gasteiger partial charge is 0.400 e. The molecule has 0 aromatic heterocycles. The zero-order valence-electron chi connectivity index (χ0n) is 17.7. The van der Waals surface area contributed by atoms with Crippen molar-refractivity contribution in [2.75, 3.05) is 0 Å². The van der Waals surface area contributed by atoms with Gasteiger partial charge < -0.3 is 4.74 Å². The third kappa shape index (κ3) is 5.46. The molecular formula is C24H34F4O. The Hall–Kier alpha value is -1.26. The normalized spacial score (nSPS) is 28.3. The Kier molecular flexibility index (Phi) is 7.50. The van der Waals surface area contributed by atoms with Gasteiger partial charge in [-0.05, 0) is 74.3 Å². The fourth-order valence-corrected chi connectivity index (χ4v) is 5.46. The fourth-order valence-electron chi connectivity index (χ4n) is 5.46. The van der Waals surface area contributed by atoms with Gasteiger partial charge in [0.05, 0.1) is 5.92 Å². The summed E-state index contributed by atoms with van der Waals surface area (Å²) in [5.41, 5.74) is 0.0539. The summed E-state index contributed by atoms with van der Waals surface area (Å²) in [5.74, 6) is -1.21. The lowest BCUT2D eigenvalue weighted by Crippen LogP contribution is -2.38. The van der Waals surface area contributed by atoms with Crippen LogP contribution in [0.5, 0.6) is 5.75 Å². The van der Waals surface area contributed by atoms with Crippen LogP contribution in [-0.4, -0.2) is 6.11 Å². The average Bonchev–Trinajstić information content (AvgIpc) is 2.71. The minimum Gasteiger partial charge on any atom is -0.432 e. The van der Waals surface area contributed by atoms with Crippen molar-refractivity contribution < 1.29 is 22.3 Å². The summed E-state index contributed by atoms with van der Waals surface area (Å²) < 4.78 is 61.7. The first kappa shape index (κ1) is 22.4. The van der Waals surface area contributed by atoms with E-state index in [1.165, 1.54) is 44.6 Å². The highest BCUT2D eigenvalue weighted by molar-refractivity contribution is 5.31. The highest BCUT2D eigenvalue weighted by Crippen LogP contribution is 2.46. The predicted molar refractivity (Wildman–Crippen MR) is 107 cm³/mol. The molecule has 1 aromatic rings. The summed E-state index contributed by atoms with van der Waals surface area (Å²) in [7, 11) is 0. The van der Waals surface area contributed by atoms with Crippen molar-refractivity contribution in [1.29, 1.82) is 0 Å². The second-order valence-electron chi connectivity index (χ2n) is 9.08. The van der Waals surface area contributed by atoms with E-state index in [0.29, 0.717) is 24.7 Å². The van der Waals surface area contributed by atoms with E-state index in [1.54, 1.807) is 6.92 Å². The van der Waals surface area contributed by atoms with Crippen LogP contribution in [0.2, 0.25) is 0 Å². The van der Waals surface area contributed by atoms with E-state index in [9.17, 15) is 17.6 Å². The number of alkyl halides is 2. The molecule has 2 aliphatic rings. The van der Waals surface area contributed by atoms with Gasteiger partial charge in [-0.25, -0.2) is 8.78 Å². The van der Waals surface area contributed by atoms with Gasteiger partial charge in [0.25, 0.3) is 0 Å². The largest absolute Gasteiger partial charge is 0.432 e. The second-order valence-corrected chi connectivity index (χ2v) is 9.08. The lowest BCUT2D eigenvalue weighted by Gasteiger charge is -2.39. The Morgan fingerprint density at radius 1 is 0.897 bits per heavy atom. The summed E-state index contributed by atoms with van der Waals surface area (Å²) in [5, 5.41) is 0. The fraction of sp³-hybridized carbons (Fsp3) is 0.750. The standard InChI is InChI=1S/C24H34F4O/c1-3-5-16-6-8-18(9-7-16)19-10-12-20(13-11-19)24(27,28)29-21-14-17(4-2)23(26)22(25)15-21/h14-16,18-20H,3-13H2,1-2H3. The zero-order valence-corrected chi connectivity index (χ0v) is 17.7. The van der Waals surface area contributed by atoms with Gasteiger partial charge in [0.2, 0.25) is 0 Å². The number of ether oxygens (including phenoxy) is 1. The Balaban J connectivity index is 1.54. The highest BCUT2D eigenvalue weighted by Gasteiger charge is 2.45. The van der Waals surface area contributed by atoms with Crippen molar-refractivity contribution in [1.82, 2.24) is 0 Å². The van der Waals surface area contributed by atoms with Crippen LogP contribution in [-0.2, 0) is 6.42 Å².